The van der Waals surface area contributed by atoms with Crippen LogP contribution in [0.4, 0.5) is 4.39 Å². The maximum atomic E-state index is 13.6. The van der Waals surface area contributed by atoms with Crippen LogP contribution in [0.3, 0.4) is 0 Å². The Bertz CT molecular complexity index is 583. The van der Waals surface area contributed by atoms with Gasteiger partial charge in [0.15, 0.2) is 0 Å². The molecule has 0 bridgehead atoms. The number of aliphatic hydroxyl groups is 1. The van der Waals surface area contributed by atoms with Crippen LogP contribution in [0.25, 0.3) is 0 Å². The van der Waals surface area contributed by atoms with E-state index in [9.17, 15) is 14.3 Å². The number of nitrogens with zero attached hydrogens (tertiary/aromatic N) is 1. The van der Waals surface area contributed by atoms with Crippen molar-refractivity contribution in [3.8, 4) is 0 Å². The van der Waals surface area contributed by atoms with E-state index in [0.29, 0.717) is 18.8 Å². The first-order chi connectivity index (χ1) is 10.9. The van der Waals surface area contributed by atoms with Gasteiger partial charge in [-0.1, -0.05) is 12.1 Å². The lowest BCUT2D eigenvalue weighted by molar-refractivity contribution is -0.151. The smallest absolute Gasteiger partial charge is 0.225 e. The summed E-state index contributed by atoms with van der Waals surface area (Å²) in [6.45, 7) is 5.21. The molecule has 0 radical (unpaired) electrons. The molecular weight excluding hydrogens is 293 g/mol. The second-order valence-electron chi connectivity index (χ2n) is 7.60. The highest BCUT2D eigenvalue weighted by Crippen LogP contribution is 2.39. The second kappa shape index (κ2) is 6.23. The zero-order chi connectivity index (χ0) is 16.6. The maximum absolute atomic E-state index is 13.6. The van der Waals surface area contributed by atoms with Crippen molar-refractivity contribution in [3.63, 3.8) is 0 Å². The summed E-state index contributed by atoms with van der Waals surface area (Å²) in [6.07, 6.45) is 4.03. The molecule has 126 valence electrons. The van der Waals surface area contributed by atoms with Gasteiger partial charge in [-0.25, -0.2) is 4.39 Å². The summed E-state index contributed by atoms with van der Waals surface area (Å²) in [7, 11) is 0. The number of hydrogen-bond acceptors (Lipinski definition) is 2. The summed E-state index contributed by atoms with van der Waals surface area (Å²) in [5, 5.41) is 9.78. The van der Waals surface area contributed by atoms with E-state index in [1.165, 1.54) is 6.07 Å². The molecule has 1 aromatic carbocycles. The molecule has 1 amide bonds. The summed E-state index contributed by atoms with van der Waals surface area (Å²) in [4.78, 5) is 14.4. The normalized spacial score (nSPS) is 28.5. The molecule has 1 saturated carbocycles. The lowest BCUT2D eigenvalue weighted by atomic mass is 9.71. The van der Waals surface area contributed by atoms with E-state index in [0.717, 1.165) is 43.5 Å². The Morgan fingerprint density at radius 3 is 2.61 bits per heavy atom. The van der Waals surface area contributed by atoms with Crippen molar-refractivity contribution in [2.75, 3.05) is 13.1 Å². The minimum absolute atomic E-state index is 0.00649. The molecule has 23 heavy (non-hydrogen) atoms. The molecule has 1 heterocycles. The number of amides is 1. The van der Waals surface area contributed by atoms with Crippen molar-refractivity contribution in [1.82, 2.24) is 4.90 Å². The van der Waals surface area contributed by atoms with Crippen LogP contribution in [0.1, 0.15) is 43.7 Å². The van der Waals surface area contributed by atoms with Gasteiger partial charge in [-0.05, 0) is 69.1 Å². The molecule has 3 rings (SSSR count). The van der Waals surface area contributed by atoms with Crippen LogP contribution in [0.2, 0.25) is 0 Å². The molecular formula is C19H26FNO2. The van der Waals surface area contributed by atoms with Crippen LogP contribution in [0.15, 0.2) is 18.2 Å². The summed E-state index contributed by atoms with van der Waals surface area (Å²) in [5.74, 6) is 0.597. The Morgan fingerprint density at radius 1 is 1.35 bits per heavy atom. The van der Waals surface area contributed by atoms with E-state index < -0.39 is 5.60 Å². The Kier molecular flexibility index (Phi) is 4.45. The maximum Gasteiger partial charge on any atom is 0.225 e. The van der Waals surface area contributed by atoms with Crippen LogP contribution in [0, 0.1) is 24.6 Å². The first kappa shape index (κ1) is 16.4. The largest absolute Gasteiger partial charge is 0.390 e. The van der Waals surface area contributed by atoms with Gasteiger partial charge in [0.1, 0.15) is 5.82 Å². The fourth-order valence-electron chi connectivity index (χ4n) is 3.98. The number of piperidine rings is 1. The highest BCUT2D eigenvalue weighted by atomic mass is 19.1. The average Bonchev–Trinajstić information content (AvgIpc) is 2.49. The van der Waals surface area contributed by atoms with Crippen LogP contribution in [0.5, 0.6) is 0 Å². The Morgan fingerprint density at radius 2 is 2.00 bits per heavy atom. The quantitative estimate of drug-likeness (QED) is 0.930. The summed E-state index contributed by atoms with van der Waals surface area (Å²) in [6, 6.07) is 5.29. The lowest BCUT2D eigenvalue weighted by Gasteiger charge is -2.43. The SMILES string of the molecule is Cc1c(F)cccc1CC1CCN(C(=O)C2CC(C)(O)C2)CC1. The molecule has 3 nitrogen and oxygen atoms in total. The van der Waals surface area contributed by atoms with Gasteiger partial charge in [-0.2, -0.15) is 0 Å². The van der Waals surface area contributed by atoms with Crippen LogP contribution < -0.4 is 0 Å². The predicted octanol–water partition coefficient (Wildman–Crippen LogP) is 3.08. The van der Waals surface area contributed by atoms with Gasteiger partial charge in [0.25, 0.3) is 0 Å². The number of carbonyl (C=O) groups excluding carboxylic acids is 1. The number of halogens is 1. The van der Waals surface area contributed by atoms with E-state index in [-0.39, 0.29) is 17.6 Å². The van der Waals surface area contributed by atoms with E-state index in [1.807, 2.05) is 17.9 Å². The highest BCUT2D eigenvalue weighted by molar-refractivity contribution is 5.80. The molecule has 2 aliphatic rings. The third-order valence-electron chi connectivity index (χ3n) is 5.54. The van der Waals surface area contributed by atoms with Gasteiger partial charge < -0.3 is 10.0 Å². The van der Waals surface area contributed by atoms with E-state index >= 15 is 0 Å². The molecule has 0 unspecified atom stereocenters. The minimum atomic E-state index is -0.645. The Labute approximate surface area is 137 Å². The fourth-order valence-corrected chi connectivity index (χ4v) is 3.98. The Balaban J connectivity index is 1.51. The summed E-state index contributed by atoms with van der Waals surface area (Å²) in [5.41, 5.74) is 1.20. The van der Waals surface area contributed by atoms with Crippen LogP contribution >= 0.6 is 0 Å². The van der Waals surface area contributed by atoms with Crippen LogP contribution in [-0.4, -0.2) is 34.6 Å². The average molecular weight is 319 g/mol. The second-order valence-corrected chi connectivity index (χ2v) is 7.60. The molecule has 2 fully saturated rings. The third-order valence-corrected chi connectivity index (χ3v) is 5.54. The highest BCUT2D eigenvalue weighted by Gasteiger charge is 2.44. The topological polar surface area (TPSA) is 40.5 Å². The summed E-state index contributed by atoms with van der Waals surface area (Å²) >= 11 is 0. The van der Waals surface area contributed by atoms with Crippen molar-refractivity contribution in [1.29, 1.82) is 0 Å². The molecule has 1 aliphatic heterocycles. The van der Waals surface area contributed by atoms with Gasteiger partial charge >= 0.3 is 0 Å². The van der Waals surface area contributed by atoms with Crippen molar-refractivity contribution in [3.05, 3.63) is 35.1 Å². The van der Waals surface area contributed by atoms with E-state index in [2.05, 4.69) is 0 Å². The van der Waals surface area contributed by atoms with Gasteiger partial charge in [0, 0.05) is 19.0 Å². The van der Waals surface area contributed by atoms with Gasteiger partial charge in [0.05, 0.1) is 5.60 Å². The Hall–Kier alpha value is -1.42. The minimum Gasteiger partial charge on any atom is -0.390 e. The van der Waals surface area contributed by atoms with Crippen molar-refractivity contribution in [2.45, 2.75) is 51.6 Å². The van der Waals surface area contributed by atoms with Gasteiger partial charge in [-0.3, -0.25) is 4.79 Å². The first-order valence-electron chi connectivity index (χ1n) is 8.61. The molecule has 1 aromatic rings. The van der Waals surface area contributed by atoms with E-state index in [4.69, 9.17) is 0 Å². The molecule has 0 aromatic heterocycles. The van der Waals surface area contributed by atoms with Crippen molar-refractivity contribution < 1.29 is 14.3 Å². The standard InChI is InChI=1S/C19H26FNO2/c1-13-15(4-3-5-17(13)20)10-14-6-8-21(9-7-14)18(22)16-11-19(2,23)12-16/h3-5,14,16,23H,6-12H2,1-2H3. The monoisotopic (exact) mass is 319 g/mol. The number of rotatable bonds is 3. The molecule has 1 saturated heterocycles. The van der Waals surface area contributed by atoms with Gasteiger partial charge in [-0.15, -0.1) is 0 Å². The zero-order valence-electron chi connectivity index (χ0n) is 14.0. The fraction of sp³-hybridized carbons (Fsp3) is 0.632. The molecule has 4 heteroatoms. The summed E-state index contributed by atoms with van der Waals surface area (Å²) < 4.78 is 13.6. The molecule has 0 spiro atoms. The molecule has 0 atom stereocenters. The van der Waals surface area contributed by atoms with Crippen molar-refractivity contribution in [2.24, 2.45) is 11.8 Å². The first-order valence-corrected chi connectivity index (χ1v) is 8.61. The number of benzene rings is 1. The van der Waals surface area contributed by atoms with Crippen molar-refractivity contribution >= 4 is 5.91 Å². The van der Waals surface area contributed by atoms with Crippen LogP contribution in [-0.2, 0) is 11.2 Å². The van der Waals surface area contributed by atoms with Gasteiger partial charge in [0.2, 0.25) is 5.91 Å². The predicted molar refractivity (Wildman–Crippen MR) is 87.5 cm³/mol. The number of carbonyl (C=O) groups is 1. The third kappa shape index (κ3) is 3.57. The lowest BCUT2D eigenvalue weighted by Crippen LogP contribution is -2.51. The number of likely N-dealkylation sites (tertiary alicyclic amines) is 1. The molecule has 1 aliphatic carbocycles. The van der Waals surface area contributed by atoms with E-state index in [1.54, 1.807) is 13.0 Å². The zero-order valence-corrected chi connectivity index (χ0v) is 14.0. The molecule has 1 N–H and O–H groups in total. The number of hydrogen-bond donors (Lipinski definition) is 1.